The van der Waals surface area contributed by atoms with E-state index in [1.165, 1.54) is 18.7 Å². The molecule has 1 saturated heterocycles. The van der Waals surface area contributed by atoms with Gasteiger partial charge in [-0.1, -0.05) is 11.8 Å². The summed E-state index contributed by atoms with van der Waals surface area (Å²) in [5.41, 5.74) is 1.28. The number of carbonyl (C=O) groups excluding carboxylic acids is 2. The van der Waals surface area contributed by atoms with Crippen LogP contribution in [-0.2, 0) is 16.1 Å². The Morgan fingerprint density at radius 3 is 2.73 bits per heavy atom. The molecule has 1 aromatic heterocycles. The number of hydrogen-bond acceptors (Lipinski definition) is 6. The zero-order valence-corrected chi connectivity index (χ0v) is 15.7. The quantitative estimate of drug-likeness (QED) is 0.592. The van der Waals surface area contributed by atoms with Gasteiger partial charge in [0.15, 0.2) is 10.9 Å². The van der Waals surface area contributed by atoms with E-state index in [9.17, 15) is 9.59 Å². The molecule has 8 heteroatoms. The fourth-order valence-corrected chi connectivity index (χ4v) is 3.58. The Balaban J connectivity index is 1.55. The van der Waals surface area contributed by atoms with Crippen molar-refractivity contribution in [3.8, 4) is 0 Å². The monoisotopic (exact) mass is 374 g/mol. The van der Waals surface area contributed by atoms with Crippen LogP contribution < -0.4 is 5.32 Å². The summed E-state index contributed by atoms with van der Waals surface area (Å²) < 4.78 is 7.69. The van der Waals surface area contributed by atoms with Crippen molar-refractivity contribution in [2.24, 2.45) is 0 Å². The number of ether oxygens (including phenoxy) is 1. The largest absolute Gasteiger partial charge is 0.376 e. The van der Waals surface area contributed by atoms with Gasteiger partial charge in [-0.15, -0.1) is 10.2 Å². The van der Waals surface area contributed by atoms with Crippen LogP contribution in [0.1, 0.15) is 35.9 Å². The molecule has 26 heavy (non-hydrogen) atoms. The van der Waals surface area contributed by atoms with Gasteiger partial charge in [0.05, 0.1) is 18.4 Å². The van der Waals surface area contributed by atoms with Crippen LogP contribution in [-0.4, -0.2) is 44.9 Å². The van der Waals surface area contributed by atoms with Crippen molar-refractivity contribution in [1.29, 1.82) is 0 Å². The zero-order valence-electron chi connectivity index (χ0n) is 14.9. The summed E-state index contributed by atoms with van der Waals surface area (Å²) in [6.45, 7) is 4.94. The molecule has 0 aliphatic carbocycles. The maximum atomic E-state index is 12.2. The topological polar surface area (TPSA) is 86.1 Å². The number of nitrogens with zero attached hydrogens (tertiary/aromatic N) is 3. The number of ketones is 1. The van der Waals surface area contributed by atoms with Gasteiger partial charge in [-0.3, -0.25) is 9.59 Å². The van der Waals surface area contributed by atoms with Gasteiger partial charge in [0.1, 0.15) is 5.82 Å². The Bertz CT molecular complexity index is 782. The van der Waals surface area contributed by atoms with Gasteiger partial charge in [-0.05, 0) is 51.0 Å². The van der Waals surface area contributed by atoms with Gasteiger partial charge in [-0.25, -0.2) is 0 Å². The van der Waals surface area contributed by atoms with Crippen LogP contribution in [0.5, 0.6) is 0 Å². The first-order valence-electron chi connectivity index (χ1n) is 8.58. The molecule has 138 valence electrons. The van der Waals surface area contributed by atoms with E-state index in [0.717, 1.165) is 37.0 Å². The van der Waals surface area contributed by atoms with Crippen molar-refractivity contribution < 1.29 is 14.3 Å². The molecule has 1 aliphatic rings. The fraction of sp³-hybridized carbons (Fsp3) is 0.444. The second-order valence-electron chi connectivity index (χ2n) is 6.25. The molecular weight excluding hydrogens is 352 g/mol. The lowest BCUT2D eigenvalue weighted by atomic mass is 10.1. The number of anilines is 1. The first-order chi connectivity index (χ1) is 12.5. The van der Waals surface area contributed by atoms with Gasteiger partial charge in [0, 0.05) is 17.9 Å². The highest BCUT2D eigenvalue weighted by Gasteiger charge is 2.20. The van der Waals surface area contributed by atoms with Crippen LogP contribution in [0.4, 0.5) is 5.69 Å². The standard InChI is InChI=1S/C18H22N4O3S/c1-12(23)14-5-7-15(8-6-14)19-17(24)11-26-18-21-20-13(2)22(18)10-16-4-3-9-25-16/h5-8,16H,3-4,9-11H2,1-2H3,(H,19,24)/t16-/m1/s1. The highest BCUT2D eigenvalue weighted by Crippen LogP contribution is 2.21. The fourth-order valence-electron chi connectivity index (χ4n) is 2.79. The summed E-state index contributed by atoms with van der Waals surface area (Å²) in [4.78, 5) is 23.5. The maximum absolute atomic E-state index is 12.2. The van der Waals surface area contributed by atoms with E-state index in [0.29, 0.717) is 11.3 Å². The molecule has 1 amide bonds. The van der Waals surface area contributed by atoms with Gasteiger partial charge in [-0.2, -0.15) is 0 Å². The summed E-state index contributed by atoms with van der Waals surface area (Å²) in [7, 11) is 0. The van der Waals surface area contributed by atoms with Crippen LogP contribution in [0.2, 0.25) is 0 Å². The molecule has 0 bridgehead atoms. The van der Waals surface area contributed by atoms with Crippen LogP contribution in [0.3, 0.4) is 0 Å². The van der Waals surface area contributed by atoms with E-state index in [2.05, 4.69) is 15.5 Å². The van der Waals surface area contributed by atoms with E-state index >= 15 is 0 Å². The average molecular weight is 374 g/mol. The Morgan fingerprint density at radius 1 is 1.31 bits per heavy atom. The SMILES string of the molecule is CC(=O)c1ccc(NC(=O)CSc2nnc(C)n2C[C@H]2CCCO2)cc1. The lowest BCUT2D eigenvalue weighted by molar-refractivity contribution is -0.113. The number of aromatic nitrogens is 3. The molecule has 2 heterocycles. The number of rotatable bonds is 7. The minimum absolute atomic E-state index is 0.000574. The molecule has 0 spiro atoms. The second kappa shape index (κ2) is 8.46. The van der Waals surface area contributed by atoms with Crippen molar-refractivity contribution >= 4 is 29.1 Å². The molecule has 1 fully saturated rings. The average Bonchev–Trinajstić information content (AvgIpc) is 3.25. The van der Waals surface area contributed by atoms with Crippen molar-refractivity contribution in [3.63, 3.8) is 0 Å². The van der Waals surface area contributed by atoms with Crippen molar-refractivity contribution in [2.45, 2.75) is 44.5 Å². The van der Waals surface area contributed by atoms with Crippen LogP contribution in [0, 0.1) is 6.92 Å². The molecule has 2 aromatic rings. The van der Waals surface area contributed by atoms with E-state index in [1.807, 2.05) is 11.5 Å². The van der Waals surface area contributed by atoms with E-state index < -0.39 is 0 Å². The summed E-state index contributed by atoms with van der Waals surface area (Å²) in [5.74, 6) is 0.926. The number of aryl methyl sites for hydroxylation is 1. The molecule has 0 saturated carbocycles. The number of benzene rings is 1. The van der Waals surface area contributed by atoms with Crippen molar-refractivity contribution in [2.75, 3.05) is 17.7 Å². The Hall–Kier alpha value is -2.19. The molecule has 1 atom stereocenters. The molecule has 0 radical (unpaired) electrons. The first-order valence-corrected chi connectivity index (χ1v) is 9.56. The number of Topliss-reactive ketones (excluding diaryl/α,β-unsaturated/α-hetero) is 1. The smallest absolute Gasteiger partial charge is 0.234 e. The summed E-state index contributed by atoms with van der Waals surface area (Å²) in [6.07, 6.45) is 2.31. The number of hydrogen-bond donors (Lipinski definition) is 1. The minimum atomic E-state index is -0.130. The lowest BCUT2D eigenvalue weighted by Crippen LogP contribution is -2.18. The lowest BCUT2D eigenvalue weighted by Gasteiger charge is -2.13. The highest BCUT2D eigenvalue weighted by atomic mass is 32.2. The van der Waals surface area contributed by atoms with Gasteiger partial charge < -0.3 is 14.6 Å². The molecule has 1 N–H and O–H groups in total. The van der Waals surface area contributed by atoms with E-state index in [1.54, 1.807) is 24.3 Å². The first kappa shape index (κ1) is 18.6. The van der Waals surface area contributed by atoms with Crippen molar-refractivity contribution in [3.05, 3.63) is 35.7 Å². The normalized spacial score (nSPS) is 16.6. The number of nitrogens with one attached hydrogen (secondary N) is 1. The van der Waals surface area contributed by atoms with Gasteiger partial charge in [0.2, 0.25) is 5.91 Å². The highest BCUT2D eigenvalue weighted by molar-refractivity contribution is 7.99. The van der Waals surface area contributed by atoms with Crippen LogP contribution >= 0.6 is 11.8 Å². The van der Waals surface area contributed by atoms with Gasteiger partial charge >= 0.3 is 0 Å². The third-order valence-corrected chi connectivity index (χ3v) is 5.19. The molecule has 0 unspecified atom stereocenters. The summed E-state index contributed by atoms with van der Waals surface area (Å²) >= 11 is 1.35. The van der Waals surface area contributed by atoms with Crippen molar-refractivity contribution in [1.82, 2.24) is 14.8 Å². The van der Waals surface area contributed by atoms with Crippen LogP contribution in [0.25, 0.3) is 0 Å². The Morgan fingerprint density at radius 2 is 2.08 bits per heavy atom. The summed E-state index contributed by atoms with van der Waals surface area (Å²) in [5, 5.41) is 11.8. The third-order valence-electron chi connectivity index (χ3n) is 4.22. The Kier molecular flexibility index (Phi) is 6.05. The van der Waals surface area contributed by atoms with E-state index in [-0.39, 0.29) is 23.5 Å². The molecule has 3 rings (SSSR count). The zero-order chi connectivity index (χ0) is 18.5. The molecular formula is C18H22N4O3S. The van der Waals surface area contributed by atoms with Crippen LogP contribution in [0.15, 0.2) is 29.4 Å². The number of amides is 1. The maximum Gasteiger partial charge on any atom is 0.234 e. The number of carbonyl (C=O) groups is 2. The minimum Gasteiger partial charge on any atom is -0.376 e. The number of thioether (sulfide) groups is 1. The Labute approximate surface area is 156 Å². The predicted octanol–water partition coefficient (Wildman–Crippen LogP) is 2.70. The third kappa shape index (κ3) is 4.70. The second-order valence-corrected chi connectivity index (χ2v) is 7.19. The molecule has 1 aliphatic heterocycles. The van der Waals surface area contributed by atoms with E-state index in [4.69, 9.17) is 4.74 Å². The molecule has 7 nitrogen and oxygen atoms in total. The predicted molar refractivity (Wildman–Crippen MR) is 99.5 cm³/mol. The van der Waals surface area contributed by atoms with Gasteiger partial charge in [0.25, 0.3) is 0 Å². The molecule has 1 aromatic carbocycles. The summed E-state index contributed by atoms with van der Waals surface area (Å²) in [6, 6.07) is 6.85.